The molecule has 0 aliphatic carbocycles. The number of furan rings is 1. The van der Waals surface area contributed by atoms with Gasteiger partial charge in [0.05, 0.1) is 6.54 Å². The molecule has 0 bridgehead atoms. The van der Waals surface area contributed by atoms with Crippen LogP contribution in [0, 0.1) is 0 Å². The lowest BCUT2D eigenvalue weighted by Crippen LogP contribution is -2.36. The van der Waals surface area contributed by atoms with Crippen molar-refractivity contribution in [2.75, 3.05) is 18.8 Å². The van der Waals surface area contributed by atoms with E-state index in [0.29, 0.717) is 11.8 Å². The minimum Gasteiger partial charge on any atom is -0.459 e. The predicted octanol–water partition coefficient (Wildman–Crippen LogP) is 2.83. The normalized spacial score (nSPS) is 21.1. The molecule has 1 aliphatic heterocycles. The summed E-state index contributed by atoms with van der Waals surface area (Å²) in [6.45, 7) is 6.03. The zero-order chi connectivity index (χ0) is 13.2. The van der Waals surface area contributed by atoms with Crippen molar-refractivity contribution >= 4 is 22.7 Å². The molecule has 3 rings (SSSR count). The minimum absolute atomic E-state index is 0.474. The standard InChI is InChI=1S/C15H20N2OS/c1-11-9-17(6-7-19-11)10-13-12-4-2-3-5-14(12)18-15(13)8-16/h2-5,11H,6-10,16H2,1H3. The fourth-order valence-electron chi connectivity index (χ4n) is 2.75. The molecule has 4 heteroatoms. The maximum absolute atomic E-state index is 5.86. The lowest BCUT2D eigenvalue weighted by Gasteiger charge is -2.30. The molecular formula is C15H20N2OS. The number of rotatable bonds is 3. The lowest BCUT2D eigenvalue weighted by atomic mass is 10.1. The van der Waals surface area contributed by atoms with Crippen molar-refractivity contribution in [1.29, 1.82) is 0 Å². The van der Waals surface area contributed by atoms with Crippen LogP contribution in [0.5, 0.6) is 0 Å². The van der Waals surface area contributed by atoms with Gasteiger partial charge in [-0.25, -0.2) is 0 Å². The molecule has 1 aliphatic rings. The summed E-state index contributed by atoms with van der Waals surface area (Å²) in [4.78, 5) is 2.51. The van der Waals surface area contributed by atoms with E-state index in [2.05, 4.69) is 35.7 Å². The second-order valence-corrected chi connectivity index (χ2v) is 6.67. The summed E-state index contributed by atoms with van der Waals surface area (Å²) in [6.07, 6.45) is 0. The highest BCUT2D eigenvalue weighted by atomic mass is 32.2. The van der Waals surface area contributed by atoms with Crippen LogP contribution in [-0.4, -0.2) is 29.0 Å². The second kappa shape index (κ2) is 5.57. The Bertz CT molecular complexity index is 566. The van der Waals surface area contributed by atoms with Gasteiger partial charge in [-0.2, -0.15) is 11.8 Å². The Labute approximate surface area is 118 Å². The molecule has 1 saturated heterocycles. The number of nitrogens with zero attached hydrogens (tertiary/aromatic N) is 1. The van der Waals surface area contributed by atoms with Crippen molar-refractivity contribution in [2.24, 2.45) is 5.73 Å². The first-order valence-corrected chi connectivity index (χ1v) is 7.86. The van der Waals surface area contributed by atoms with Gasteiger partial charge in [0.15, 0.2) is 0 Å². The van der Waals surface area contributed by atoms with E-state index in [1.165, 1.54) is 16.7 Å². The fourth-order valence-corrected chi connectivity index (χ4v) is 3.83. The number of nitrogens with two attached hydrogens (primary N) is 1. The maximum Gasteiger partial charge on any atom is 0.134 e. The minimum atomic E-state index is 0.474. The van der Waals surface area contributed by atoms with Gasteiger partial charge in [0.1, 0.15) is 11.3 Å². The summed E-state index contributed by atoms with van der Waals surface area (Å²) < 4.78 is 5.86. The van der Waals surface area contributed by atoms with Gasteiger partial charge in [-0.3, -0.25) is 4.90 Å². The maximum atomic E-state index is 5.86. The smallest absolute Gasteiger partial charge is 0.134 e. The molecular weight excluding hydrogens is 256 g/mol. The number of para-hydroxylation sites is 1. The Morgan fingerprint density at radius 3 is 3.05 bits per heavy atom. The van der Waals surface area contributed by atoms with E-state index in [4.69, 9.17) is 10.2 Å². The molecule has 1 aromatic carbocycles. The Hall–Kier alpha value is -0.970. The molecule has 1 aromatic heterocycles. The second-order valence-electron chi connectivity index (χ2n) is 5.12. The van der Waals surface area contributed by atoms with Crippen LogP contribution in [0.15, 0.2) is 28.7 Å². The third-order valence-corrected chi connectivity index (χ3v) is 4.81. The Balaban J connectivity index is 1.90. The van der Waals surface area contributed by atoms with E-state index < -0.39 is 0 Å². The summed E-state index contributed by atoms with van der Waals surface area (Å²) in [5, 5.41) is 1.93. The van der Waals surface area contributed by atoms with Gasteiger partial charge in [0, 0.05) is 41.6 Å². The highest BCUT2D eigenvalue weighted by Gasteiger charge is 2.20. The van der Waals surface area contributed by atoms with E-state index in [0.717, 1.165) is 31.0 Å². The zero-order valence-corrected chi connectivity index (χ0v) is 12.1. The quantitative estimate of drug-likeness (QED) is 0.936. The van der Waals surface area contributed by atoms with E-state index >= 15 is 0 Å². The summed E-state index contributed by atoms with van der Waals surface area (Å²) in [7, 11) is 0. The van der Waals surface area contributed by atoms with Crippen LogP contribution < -0.4 is 5.73 Å². The van der Waals surface area contributed by atoms with Gasteiger partial charge in [-0.05, 0) is 6.07 Å². The lowest BCUT2D eigenvalue weighted by molar-refractivity contribution is 0.277. The van der Waals surface area contributed by atoms with Gasteiger partial charge in [0.2, 0.25) is 0 Å². The zero-order valence-electron chi connectivity index (χ0n) is 11.3. The first-order chi connectivity index (χ1) is 9.28. The van der Waals surface area contributed by atoms with Crippen LogP contribution in [0.2, 0.25) is 0 Å². The third kappa shape index (κ3) is 2.66. The Kier molecular flexibility index (Phi) is 3.82. The third-order valence-electron chi connectivity index (χ3n) is 3.67. The SMILES string of the molecule is CC1CN(Cc2c(CN)oc3ccccc23)CCS1. The number of fused-ring (bicyclic) bond motifs is 1. The fraction of sp³-hybridized carbons (Fsp3) is 0.467. The van der Waals surface area contributed by atoms with Gasteiger partial charge < -0.3 is 10.2 Å². The summed E-state index contributed by atoms with van der Waals surface area (Å²) >= 11 is 2.06. The monoisotopic (exact) mass is 276 g/mol. The molecule has 0 radical (unpaired) electrons. The van der Waals surface area contributed by atoms with Crippen molar-refractivity contribution in [1.82, 2.24) is 4.90 Å². The van der Waals surface area contributed by atoms with Gasteiger partial charge >= 0.3 is 0 Å². The largest absolute Gasteiger partial charge is 0.459 e. The summed E-state index contributed by atoms with van der Waals surface area (Å²) in [5.41, 5.74) is 8.06. The van der Waals surface area contributed by atoms with E-state index in [1.54, 1.807) is 0 Å². The van der Waals surface area contributed by atoms with Crippen LogP contribution >= 0.6 is 11.8 Å². The van der Waals surface area contributed by atoms with Crippen LogP contribution in [0.1, 0.15) is 18.2 Å². The first kappa shape index (κ1) is 13.0. The van der Waals surface area contributed by atoms with Crippen molar-refractivity contribution in [2.45, 2.75) is 25.3 Å². The highest BCUT2D eigenvalue weighted by Crippen LogP contribution is 2.28. The van der Waals surface area contributed by atoms with Crippen molar-refractivity contribution in [3.63, 3.8) is 0 Å². The molecule has 1 atom stereocenters. The average molecular weight is 276 g/mol. The van der Waals surface area contributed by atoms with E-state index in [9.17, 15) is 0 Å². The molecule has 0 saturated carbocycles. The van der Waals surface area contributed by atoms with Crippen LogP contribution in [-0.2, 0) is 13.1 Å². The number of thioether (sulfide) groups is 1. The molecule has 0 spiro atoms. The molecule has 3 nitrogen and oxygen atoms in total. The van der Waals surface area contributed by atoms with Crippen molar-refractivity contribution in [3.8, 4) is 0 Å². The molecule has 102 valence electrons. The predicted molar refractivity (Wildman–Crippen MR) is 81.3 cm³/mol. The molecule has 2 aromatic rings. The topological polar surface area (TPSA) is 42.4 Å². The highest BCUT2D eigenvalue weighted by molar-refractivity contribution is 7.99. The molecule has 2 heterocycles. The van der Waals surface area contributed by atoms with E-state index in [1.807, 2.05) is 12.1 Å². The van der Waals surface area contributed by atoms with Crippen LogP contribution in [0.25, 0.3) is 11.0 Å². The molecule has 1 unspecified atom stereocenters. The first-order valence-electron chi connectivity index (χ1n) is 6.81. The van der Waals surface area contributed by atoms with Crippen molar-refractivity contribution in [3.05, 3.63) is 35.6 Å². The average Bonchev–Trinajstić information content (AvgIpc) is 2.77. The summed E-state index contributed by atoms with van der Waals surface area (Å²) in [6, 6.07) is 8.23. The molecule has 0 amide bonds. The number of benzene rings is 1. The number of hydrogen-bond acceptors (Lipinski definition) is 4. The molecule has 19 heavy (non-hydrogen) atoms. The van der Waals surface area contributed by atoms with E-state index in [-0.39, 0.29) is 0 Å². The van der Waals surface area contributed by atoms with Gasteiger partial charge in [0.25, 0.3) is 0 Å². The number of hydrogen-bond donors (Lipinski definition) is 1. The summed E-state index contributed by atoms with van der Waals surface area (Å²) in [5.74, 6) is 2.15. The van der Waals surface area contributed by atoms with Crippen LogP contribution in [0.4, 0.5) is 0 Å². The molecule has 2 N–H and O–H groups in total. The van der Waals surface area contributed by atoms with Gasteiger partial charge in [-0.1, -0.05) is 25.1 Å². The van der Waals surface area contributed by atoms with Gasteiger partial charge in [-0.15, -0.1) is 0 Å². The molecule has 1 fully saturated rings. The van der Waals surface area contributed by atoms with Crippen molar-refractivity contribution < 1.29 is 4.42 Å². The van der Waals surface area contributed by atoms with Crippen LogP contribution in [0.3, 0.4) is 0 Å². The Morgan fingerprint density at radius 1 is 1.42 bits per heavy atom. The Morgan fingerprint density at radius 2 is 2.26 bits per heavy atom.